The Kier molecular flexibility index (Phi) is 7.88. The van der Waals surface area contributed by atoms with Crippen LogP contribution in [0.15, 0.2) is 126 Å². The third-order valence-electron chi connectivity index (χ3n) is 6.03. The van der Waals surface area contributed by atoms with E-state index < -0.39 is 22.5 Å². The Bertz CT molecular complexity index is 1660. The molecule has 1 heterocycles. The van der Waals surface area contributed by atoms with Crippen LogP contribution in [0.4, 0.5) is 5.95 Å². The molecule has 0 fully saturated rings. The Labute approximate surface area is 232 Å². The summed E-state index contributed by atoms with van der Waals surface area (Å²) in [5, 5.41) is 3.25. The SMILES string of the molecule is O=C(CN(Cc1ccccc1)S(=O)(=O)c1ccc(Cl)cc1)Nc1nc(-c2ccccc2)cn1-c1ccccc1. The first-order chi connectivity index (χ1) is 18.9. The summed E-state index contributed by atoms with van der Waals surface area (Å²) in [4.78, 5) is 18.1. The lowest BCUT2D eigenvalue weighted by Gasteiger charge is -2.22. The first kappa shape index (κ1) is 26.4. The van der Waals surface area contributed by atoms with Gasteiger partial charge in [0.25, 0.3) is 0 Å². The molecular formula is C30H25ClN4O3S. The second-order valence-corrected chi connectivity index (χ2v) is 11.2. The molecule has 39 heavy (non-hydrogen) atoms. The van der Waals surface area contributed by atoms with Gasteiger partial charge in [-0.3, -0.25) is 14.7 Å². The van der Waals surface area contributed by atoms with Gasteiger partial charge < -0.3 is 0 Å². The molecule has 5 aromatic rings. The molecule has 5 rings (SSSR count). The third-order valence-corrected chi connectivity index (χ3v) is 8.09. The average Bonchev–Trinajstić information content (AvgIpc) is 3.38. The molecule has 0 unspecified atom stereocenters. The fraction of sp³-hybridized carbons (Fsp3) is 0.0667. The maximum atomic E-state index is 13.6. The minimum atomic E-state index is -4.02. The van der Waals surface area contributed by atoms with Crippen molar-refractivity contribution in [2.24, 2.45) is 0 Å². The molecule has 0 aliphatic rings. The van der Waals surface area contributed by atoms with Crippen molar-refractivity contribution in [1.82, 2.24) is 13.9 Å². The van der Waals surface area contributed by atoms with Crippen LogP contribution in [0.25, 0.3) is 16.9 Å². The van der Waals surface area contributed by atoms with E-state index in [-0.39, 0.29) is 17.4 Å². The molecule has 9 heteroatoms. The summed E-state index contributed by atoms with van der Waals surface area (Å²) in [5.74, 6) is -0.237. The van der Waals surface area contributed by atoms with Gasteiger partial charge in [0.1, 0.15) is 0 Å². The first-order valence-corrected chi connectivity index (χ1v) is 14.0. The van der Waals surface area contributed by atoms with E-state index in [4.69, 9.17) is 11.6 Å². The molecular weight excluding hydrogens is 532 g/mol. The Morgan fingerprint density at radius 2 is 1.41 bits per heavy atom. The zero-order valence-corrected chi connectivity index (χ0v) is 22.4. The third kappa shape index (κ3) is 6.26. The van der Waals surface area contributed by atoms with Gasteiger partial charge in [-0.05, 0) is 42.0 Å². The second kappa shape index (κ2) is 11.7. The molecule has 1 aromatic heterocycles. The fourth-order valence-corrected chi connectivity index (χ4v) is 5.61. The molecule has 0 bridgehead atoms. The number of hydrogen-bond acceptors (Lipinski definition) is 4. The number of carbonyl (C=O) groups excluding carboxylic acids is 1. The summed E-state index contributed by atoms with van der Waals surface area (Å²) >= 11 is 5.98. The summed E-state index contributed by atoms with van der Waals surface area (Å²) in [6.45, 7) is -0.399. The Balaban J connectivity index is 1.46. The number of benzene rings is 4. The largest absolute Gasteiger partial charge is 0.294 e. The molecule has 4 aromatic carbocycles. The van der Waals surface area contributed by atoms with Crippen molar-refractivity contribution in [1.29, 1.82) is 0 Å². The van der Waals surface area contributed by atoms with E-state index in [0.29, 0.717) is 10.7 Å². The van der Waals surface area contributed by atoms with Crippen molar-refractivity contribution in [3.63, 3.8) is 0 Å². The first-order valence-electron chi connectivity index (χ1n) is 12.2. The van der Waals surface area contributed by atoms with E-state index in [1.807, 2.05) is 97.2 Å². The van der Waals surface area contributed by atoms with Gasteiger partial charge >= 0.3 is 0 Å². The predicted molar refractivity (Wildman–Crippen MR) is 153 cm³/mol. The van der Waals surface area contributed by atoms with Crippen molar-refractivity contribution in [3.05, 3.63) is 132 Å². The van der Waals surface area contributed by atoms with Gasteiger partial charge in [-0.2, -0.15) is 4.31 Å². The van der Waals surface area contributed by atoms with Crippen LogP contribution in [0.1, 0.15) is 5.56 Å². The number of imidazole rings is 1. The number of halogens is 1. The van der Waals surface area contributed by atoms with Crippen molar-refractivity contribution in [2.75, 3.05) is 11.9 Å². The lowest BCUT2D eigenvalue weighted by Crippen LogP contribution is -2.38. The van der Waals surface area contributed by atoms with Crippen LogP contribution in [0.3, 0.4) is 0 Å². The smallest absolute Gasteiger partial charge is 0.243 e. The highest BCUT2D eigenvalue weighted by Crippen LogP contribution is 2.25. The number of nitrogens with one attached hydrogen (secondary N) is 1. The lowest BCUT2D eigenvalue weighted by molar-refractivity contribution is -0.116. The Morgan fingerprint density at radius 3 is 2.05 bits per heavy atom. The van der Waals surface area contributed by atoms with Gasteiger partial charge in [-0.15, -0.1) is 0 Å². The summed E-state index contributed by atoms with van der Waals surface area (Å²) in [5.41, 5.74) is 3.11. The predicted octanol–water partition coefficient (Wildman–Crippen LogP) is 6.02. The van der Waals surface area contributed by atoms with Crippen LogP contribution in [-0.2, 0) is 21.4 Å². The normalized spacial score (nSPS) is 11.4. The van der Waals surface area contributed by atoms with E-state index in [9.17, 15) is 13.2 Å². The quantitative estimate of drug-likeness (QED) is 0.240. The molecule has 1 N–H and O–H groups in total. The van der Waals surface area contributed by atoms with Crippen LogP contribution in [-0.4, -0.2) is 34.7 Å². The van der Waals surface area contributed by atoms with Crippen LogP contribution in [0.2, 0.25) is 5.02 Å². The standard InChI is InChI=1S/C30H25ClN4O3S/c31-25-16-18-27(19-17-25)39(37,38)34(20-23-10-4-1-5-11-23)22-29(36)33-30-32-28(24-12-6-2-7-13-24)21-35(30)26-14-8-3-9-15-26/h1-19,21H,20,22H2,(H,32,33,36). The summed E-state index contributed by atoms with van der Waals surface area (Å²) in [7, 11) is -4.02. The zero-order valence-electron chi connectivity index (χ0n) is 20.8. The summed E-state index contributed by atoms with van der Waals surface area (Å²) in [6.07, 6.45) is 1.84. The van der Waals surface area contributed by atoms with Crippen LogP contribution >= 0.6 is 11.6 Å². The maximum Gasteiger partial charge on any atom is 0.243 e. The molecule has 0 saturated heterocycles. The van der Waals surface area contributed by atoms with E-state index in [1.54, 1.807) is 4.57 Å². The number of sulfonamides is 1. The maximum absolute atomic E-state index is 13.6. The highest BCUT2D eigenvalue weighted by Gasteiger charge is 2.27. The Hall–Kier alpha value is -4.24. The van der Waals surface area contributed by atoms with Gasteiger partial charge in [0.2, 0.25) is 21.9 Å². The Morgan fingerprint density at radius 1 is 0.821 bits per heavy atom. The van der Waals surface area contributed by atoms with E-state index >= 15 is 0 Å². The fourth-order valence-electron chi connectivity index (χ4n) is 4.09. The zero-order chi connectivity index (χ0) is 27.2. The van der Waals surface area contributed by atoms with Gasteiger partial charge in [-0.1, -0.05) is 90.5 Å². The number of rotatable bonds is 9. The monoisotopic (exact) mass is 556 g/mol. The summed E-state index contributed by atoms with van der Waals surface area (Å²) in [6, 6.07) is 34.1. The number of carbonyl (C=O) groups is 1. The minimum absolute atomic E-state index is 0.0155. The van der Waals surface area contributed by atoms with Gasteiger partial charge in [-0.25, -0.2) is 13.4 Å². The number of aromatic nitrogens is 2. The molecule has 7 nitrogen and oxygen atoms in total. The number of para-hydroxylation sites is 1. The van der Waals surface area contributed by atoms with Crippen molar-refractivity contribution < 1.29 is 13.2 Å². The molecule has 0 atom stereocenters. The minimum Gasteiger partial charge on any atom is -0.294 e. The van der Waals surface area contributed by atoms with E-state index in [2.05, 4.69) is 10.3 Å². The molecule has 196 valence electrons. The van der Waals surface area contributed by atoms with Gasteiger partial charge in [0.15, 0.2) is 0 Å². The van der Waals surface area contributed by atoms with Crippen molar-refractivity contribution >= 4 is 33.5 Å². The van der Waals surface area contributed by atoms with E-state index in [0.717, 1.165) is 21.1 Å². The molecule has 0 aliphatic heterocycles. The highest BCUT2D eigenvalue weighted by atomic mass is 35.5. The van der Waals surface area contributed by atoms with Gasteiger partial charge in [0, 0.05) is 29.0 Å². The molecule has 0 spiro atoms. The van der Waals surface area contributed by atoms with Crippen molar-refractivity contribution in [2.45, 2.75) is 11.4 Å². The highest BCUT2D eigenvalue weighted by molar-refractivity contribution is 7.89. The molecule has 0 saturated carbocycles. The summed E-state index contributed by atoms with van der Waals surface area (Å²) < 4.78 is 30.1. The molecule has 1 amide bonds. The number of anilines is 1. The number of nitrogens with zero attached hydrogens (tertiary/aromatic N) is 3. The molecule has 0 radical (unpaired) electrons. The van der Waals surface area contributed by atoms with Crippen molar-refractivity contribution in [3.8, 4) is 16.9 Å². The molecule has 0 aliphatic carbocycles. The number of hydrogen-bond donors (Lipinski definition) is 1. The van der Waals surface area contributed by atoms with E-state index in [1.165, 1.54) is 24.3 Å². The second-order valence-electron chi connectivity index (χ2n) is 8.78. The van der Waals surface area contributed by atoms with Crippen LogP contribution in [0.5, 0.6) is 0 Å². The van der Waals surface area contributed by atoms with Crippen LogP contribution < -0.4 is 5.32 Å². The van der Waals surface area contributed by atoms with Gasteiger partial charge in [0.05, 0.1) is 17.1 Å². The number of amides is 1. The topological polar surface area (TPSA) is 84.3 Å². The van der Waals surface area contributed by atoms with Crippen LogP contribution in [0, 0.1) is 0 Å². The average molecular weight is 557 g/mol. The lowest BCUT2D eigenvalue weighted by atomic mass is 10.2.